The Morgan fingerprint density at radius 1 is 0.960 bits per heavy atom. The molecule has 7 heteroatoms. The Labute approximate surface area is 143 Å². The van der Waals surface area contributed by atoms with E-state index in [0.717, 1.165) is 10.1 Å². The number of benzene rings is 2. The maximum absolute atomic E-state index is 12.4. The second-order valence-corrected chi connectivity index (χ2v) is 5.46. The van der Waals surface area contributed by atoms with Crippen molar-refractivity contribution in [2.45, 2.75) is 13.5 Å². The van der Waals surface area contributed by atoms with Crippen molar-refractivity contribution < 1.29 is 9.59 Å². The maximum Gasteiger partial charge on any atom is 0.275 e. The van der Waals surface area contributed by atoms with E-state index >= 15 is 0 Å². The van der Waals surface area contributed by atoms with E-state index in [1.54, 1.807) is 49.4 Å². The van der Waals surface area contributed by atoms with E-state index in [4.69, 9.17) is 0 Å². The summed E-state index contributed by atoms with van der Waals surface area (Å²) in [6.45, 7) is 1.48. The lowest BCUT2D eigenvalue weighted by Crippen LogP contribution is -2.44. The molecule has 7 nitrogen and oxygen atoms in total. The molecule has 0 atom stereocenters. The van der Waals surface area contributed by atoms with Gasteiger partial charge in [0.1, 0.15) is 6.54 Å². The molecule has 0 aliphatic carbocycles. The van der Waals surface area contributed by atoms with Gasteiger partial charge in [0.25, 0.3) is 17.4 Å². The van der Waals surface area contributed by atoms with Crippen LogP contribution in [0, 0.1) is 6.92 Å². The van der Waals surface area contributed by atoms with Crippen LogP contribution >= 0.6 is 0 Å². The third-order valence-electron chi connectivity index (χ3n) is 3.70. The molecule has 0 spiro atoms. The smallest absolute Gasteiger partial charge is 0.271 e. The quantitative estimate of drug-likeness (QED) is 0.702. The molecule has 2 N–H and O–H groups in total. The molecule has 0 aliphatic heterocycles. The number of hydrogen-bond donors (Lipinski definition) is 2. The summed E-state index contributed by atoms with van der Waals surface area (Å²) in [5, 5.41) is 5.40. The lowest BCUT2D eigenvalue weighted by Gasteiger charge is -2.10. The molecular formula is C18H16N4O3. The summed E-state index contributed by atoms with van der Waals surface area (Å²) in [5.74, 6) is -0.988. The van der Waals surface area contributed by atoms with Gasteiger partial charge in [0, 0.05) is 10.9 Å². The van der Waals surface area contributed by atoms with E-state index in [1.807, 2.05) is 12.1 Å². The van der Waals surface area contributed by atoms with Crippen molar-refractivity contribution in [1.29, 1.82) is 0 Å². The van der Waals surface area contributed by atoms with Crippen molar-refractivity contribution in [3.63, 3.8) is 0 Å². The molecule has 0 aliphatic rings. The van der Waals surface area contributed by atoms with Crippen LogP contribution in [0.3, 0.4) is 0 Å². The highest BCUT2D eigenvalue weighted by atomic mass is 16.2. The van der Waals surface area contributed by atoms with E-state index < -0.39 is 11.8 Å². The third kappa shape index (κ3) is 3.55. The third-order valence-corrected chi connectivity index (χ3v) is 3.70. The minimum atomic E-state index is -0.548. The maximum atomic E-state index is 12.4. The van der Waals surface area contributed by atoms with Crippen molar-refractivity contribution in [1.82, 2.24) is 20.6 Å². The van der Waals surface area contributed by atoms with Crippen LogP contribution in [0.4, 0.5) is 0 Å². The predicted octanol–water partition coefficient (Wildman–Crippen LogP) is 1.17. The number of nitrogens with zero attached hydrogens (tertiary/aromatic N) is 2. The zero-order valence-electron chi connectivity index (χ0n) is 13.5. The number of carbonyl (C=O) groups is 2. The average Bonchev–Trinajstić information content (AvgIpc) is 2.64. The van der Waals surface area contributed by atoms with E-state index in [9.17, 15) is 14.4 Å². The second kappa shape index (κ2) is 6.96. The summed E-state index contributed by atoms with van der Waals surface area (Å²) in [6.07, 6.45) is 0. The second-order valence-electron chi connectivity index (χ2n) is 5.46. The fourth-order valence-electron chi connectivity index (χ4n) is 2.48. The molecular weight excluding hydrogens is 320 g/mol. The van der Waals surface area contributed by atoms with Crippen LogP contribution in [-0.4, -0.2) is 21.6 Å². The average molecular weight is 336 g/mol. The van der Waals surface area contributed by atoms with Gasteiger partial charge in [0.05, 0.1) is 11.1 Å². The predicted molar refractivity (Wildman–Crippen MR) is 92.8 cm³/mol. The van der Waals surface area contributed by atoms with Crippen LogP contribution in [0.2, 0.25) is 0 Å². The van der Waals surface area contributed by atoms with Gasteiger partial charge in [-0.15, -0.1) is 0 Å². The van der Waals surface area contributed by atoms with E-state index in [1.165, 1.54) is 0 Å². The number of carbonyl (C=O) groups excluding carboxylic acids is 2. The van der Waals surface area contributed by atoms with Crippen LogP contribution in [0.25, 0.3) is 10.8 Å². The zero-order chi connectivity index (χ0) is 17.8. The van der Waals surface area contributed by atoms with Gasteiger partial charge in [-0.25, -0.2) is 4.68 Å². The molecule has 0 radical (unpaired) electrons. The van der Waals surface area contributed by atoms with Gasteiger partial charge in [-0.3, -0.25) is 25.2 Å². The van der Waals surface area contributed by atoms with Gasteiger partial charge in [-0.1, -0.05) is 36.4 Å². The molecule has 1 heterocycles. The molecule has 0 saturated carbocycles. The Morgan fingerprint density at radius 2 is 1.60 bits per heavy atom. The Morgan fingerprint density at radius 3 is 2.32 bits per heavy atom. The molecule has 0 bridgehead atoms. The van der Waals surface area contributed by atoms with Crippen LogP contribution < -0.4 is 16.4 Å². The lowest BCUT2D eigenvalue weighted by atomic mass is 10.1. The van der Waals surface area contributed by atoms with Gasteiger partial charge in [0.15, 0.2) is 0 Å². The number of hydrogen-bond acceptors (Lipinski definition) is 4. The largest absolute Gasteiger partial charge is 0.275 e. The van der Waals surface area contributed by atoms with Crippen molar-refractivity contribution in [2.24, 2.45) is 0 Å². The Hall–Kier alpha value is -3.48. The molecule has 3 aromatic rings. The van der Waals surface area contributed by atoms with Gasteiger partial charge in [-0.05, 0) is 25.1 Å². The fourth-order valence-corrected chi connectivity index (χ4v) is 2.48. The fraction of sp³-hybridized carbons (Fsp3) is 0.111. The Bertz CT molecular complexity index is 996. The summed E-state index contributed by atoms with van der Waals surface area (Å²) in [5.41, 5.74) is 5.30. The molecule has 3 rings (SSSR count). The molecule has 2 aromatic carbocycles. The number of hydrazine groups is 1. The van der Waals surface area contributed by atoms with Crippen molar-refractivity contribution in [3.05, 3.63) is 76.2 Å². The first-order valence-electron chi connectivity index (χ1n) is 7.67. The first-order valence-corrected chi connectivity index (χ1v) is 7.67. The van der Waals surface area contributed by atoms with Crippen LogP contribution in [0.5, 0.6) is 0 Å². The number of fused-ring (bicyclic) bond motifs is 1. The van der Waals surface area contributed by atoms with Crippen molar-refractivity contribution in [3.8, 4) is 0 Å². The zero-order valence-corrected chi connectivity index (χ0v) is 13.5. The molecule has 1 aromatic heterocycles. The van der Waals surface area contributed by atoms with Crippen LogP contribution in [0.1, 0.15) is 16.1 Å². The highest BCUT2D eigenvalue weighted by Gasteiger charge is 2.12. The number of aryl methyl sites for hydroxylation is 1. The monoisotopic (exact) mass is 336 g/mol. The minimum absolute atomic E-state index is 0.292. The standard InChI is InChI=1S/C18H16N4O3/c1-12-14-9-5-6-10-15(14)18(25)22(21-12)11-16(23)19-20-17(24)13-7-3-2-4-8-13/h2-10H,11H2,1H3,(H,19,23)(H,20,24). The van der Waals surface area contributed by atoms with E-state index in [0.29, 0.717) is 16.6 Å². The molecule has 25 heavy (non-hydrogen) atoms. The molecule has 0 fully saturated rings. The topological polar surface area (TPSA) is 93.1 Å². The Kier molecular flexibility index (Phi) is 4.56. The summed E-state index contributed by atoms with van der Waals surface area (Å²) >= 11 is 0. The number of aromatic nitrogens is 2. The van der Waals surface area contributed by atoms with E-state index in [2.05, 4.69) is 16.0 Å². The summed E-state index contributed by atoms with van der Waals surface area (Å²) in [6, 6.07) is 15.6. The van der Waals surface area contributed by atoms with Gasteiger partial charge >= 0.3 is 0 Å². The molecule has 2 amide bonds. The summed E-state index contributed by atoms with van der Waals surface area (Å²) in [7, 11) is 0. The molecule has 126 valence electrons. The van der Waals surface area contributed by atoms with Crippen LogP contribution in [-0.2, 0) is 11.3 Å². The van der Waals surface area contributed by atoms with Gasteiger partial charge in [0.2, 0.25) is 0 Å². The lowest BCUT2D eigenvalue weighted by molar-refractivity contribution is -0.122. The number of rotatable bonds is 3. The normalized spacial score (nSPS) is 10.4. The highest BCUT2D eigenvalue weighted by Crippen LogP contribution is 2.11. The first kappa shape index (κ1) is 16.4. The molecule has 0 saturated heterocycles. The van der Waals surface area contributed by atoms with Crippen molar-refractivity contribution >= 4 is 22.6 Å². The summed E-state index contributed by atoms with van der Waals surface area (Å²) in [4.78, 5) is 36.3. The number of nitrogens with one attached hydrogen (secondary N) is 2. The SMILES string of the molecule is Cc1nn(CC(=O)NNC(=O)c2ccccc2)c(=O)c2ccccc12. The Balaban J connectivity index is 1.71. The first-order chi connectivity index (χ1) is 12.1. The molecule has 0 unspecified atom stereocenters. The summed E-state index contributed by atoms with van der Waals surface area (Å²) < 4.78 is 1.08. The van der Waals surface area contributed by atoms with Crippen LogP contribution in [0.15, 0.2) is 59.4 Å². The highest BCUT2D eigenvalue weighted by molar-refractivity contribution is 5.95. The minimum Gasteiger partial charge on any atom is -0.271 e. The van der Waals surface area contributed by atoms with Crippen molar-refractivity contribution in [2.75, 3.05) is 0 Å². The van der Waals surface area contributed by atoms with E-state index in [-0.39, 0.29) is 12.1 Å². The number of amides is 2. The van der Waals surface area contributed by atoms with Gasteiger partial charge in [-0.2, -0.15) is 5.10 Å². The van der Waals surface area contributed by atoms with Gasteiger partial charge < -0.3 is 0 Å².